The fraction of sp³-hybridized carbons (Fsp3) is 0.167. The Morgan fingerprint density at radius 1 is 1.50 bits per heavy atom. The third-order valence-corrected chi connectivity index (χ3v) is 4.90. The molecule has 2 nitrogen and oxygen atoms in total. The molecule has 0 aliphatic heterocycles. The molecule has 0 amide bonds. The van der Waals surface area contributed by atoms with Crippen molar-refractivity contribution in [3.63, 3.8) is 0 Å². The lowest BCUT2D eigenvalue weighted by Gasteiger charge is -2.16. The van der Waals surface area contributed by atoms with Crippen molar-refractivity contribution in [1.82, 2.24) is 5.43 Å². The standard InChI is InChI=1S/C12H11BrClFN2S/c1-6-5-18-12(10(6)14)11(17-16)8-4-7(13)2-3-9(8)15/h2-5,11,17H,16H2,1H3. The zero-order valence-corrected chi connectivity index (χ0v) is 12.7. The molecule has 2 aromatic rings. The van der Waals surface area contributed by atoms with Crippen LogP contribution in [0.4, 0.5) is 4.39 Å². The van der Waals surface area contributed by atoms with Gasteiger partial charge in [0.1, 0.15) is 5.82 Å². The van der Waals surface area contributed by atoms with E-state index >= 15 is 0 Å². The second-order valence-corrected chi connectivity index (χ2v) is 6.07. The lowest BCUT2D eigenvalue weighted by atomic mass is 10.0. The molecule has 1 aromatic heterocycles. The highest BCUT2D eigenvalue weighted by molar-refractivity contribution is 9.10. The summed E-state index contributed by atoms with van der Waals surface area (Å²) in [6, 6.07) is 4.30. The van der Waals surface area contributed by atoms with E-state index in [2.05, 4.69) is 21.4 Å². The van der Waals surface area contributed by atoms with Crippen molar-refractivity contribution in [2.24, 2.45) is 5.84 Å². The van der Waals surface area contributed by atoms with Gasteiger partial charge in [-0.3, -0.25) is 5.84 Å². The molecule has 96 valence electrons. The number of halogens is 3. The maximum Gasteiger partial charge on any atom is 0.128 e. The largest absolute Gasteiger partial charge is 0.271 e. The molecule has 1 heterocycles. The lowest BCUT2D eigenvalue weighted by Crippen LogP contribution is -2.29. The van der Waals surface area contributed by atoms with Gasteiger partial charge in [0, 0.05) is 14.9 Å². The van der Waals surface area contributed by atoms with E-state index in [1.807, 2.05) is 12.3 Å². The first-order valence-corrected chi connectivity index (χ1v) is 7.24. The van der Waals surface area contributed by atoms with Crippen molar-refractivity contribution in [2.75, 3.05) is 0 Å². The normalized spacial score (nSPS) is 12.7. The van der Waals surface area contributed by atoms with Crippen LogP contribution in [-0.4, -0.2) is 0 Å². The molecule has 1 unspecified atom stereocenters. The highest BCUT2D eigenvalue weighted by Crippen LogP contribution is 2.36. The first kappa shape index (κ1) is 14.0. The highest BCUT2D eigenvalue weighted by atomic mass is 79.9. The maximum absolute atomic E-state index is 13.9. The predicted molar refractivity (Wildman–Crippen MR) is 77.3 cm³/mol. The Morgan fingerprint density at radius 2 is 2.22 bits per heavy atom. The quantitative estimate of drug-likeness (QED) is 0.645. The van der Waals surface area contributed by atoms with E-state index in [9.17, 15) is 4.39 Å². The first-order valence-electron chi connectivity index (χ1n) is 5.19. The molecule has 0 aliphatic rings. The lowest BCUT2D eigenvalue weighted by molar-refractivity contribution is 0.564. The number of hydrogen-bond acceptors (Lipinski definition) is 3. The van der Waals surface area contributed by atoms with Crippen molar-refractivity contribution in [3.05, 3.63) is 54.9 Å². The Morgan fingerprint density at radius 3 is 2.78 bits per heavy atom. The number of hydrazine groups is 1. The van der Waals surface area contributed by atoms with Crippen LogP contribution in [0.25, 0.3) is 0 Å². The van der Waals surface area contributed by atoms with Crippen molar-refractivity contribution in [2.45, 2.75) is 13.0 Å². The van der Waals surface area contributed by atoms with Gasteiger partial charge in [-0.05, 0) is 36.1 Å². The van der Waals surface area contributed by atoms with Gasteiger partial charge in [0.25, 0.3) is 0 Å². The van der Waals surface area contributed by atoms with Gasteiger partial charge in [-0.2, -0.15) is 0 Å². The van der Waals surface area contributed by atoms with Crippen LogP contribution in [0.3, 0.4) is 0 Å². The second kappa shape index (κ2) is 5.67. The van der Waals surface area contributed by atoms with Crippen LogP contribution in [0.15, 0.2) is 28.1 Å². The molecule has 1 aromatic carbocycles. The number of nitrogens with two attached hydrogens (primary N) is 1. The zero-order valence-electron chi connectivity index (χ0n) is 9.51. The molecular weight excluding hydrogens is 339 g/mol. The Labute approximate surface area is 122 Å². The Bertz CT molecular complexity index is 573. The van der Waals surface area contributed by atoms with Gasteiger partial charge in [-0.1, -0.05) is 27.5 Å². The van der Waals surface area contributed by atoms with Crippen molar-refractivity contribution in [3.8, 4) is 0 Å². The fourth-order valence-electron chi connectivity index (χ4n) is 1.69. The van der Waals surface area contributed by atoms with Crippen molar-refractivity contribution in [1.29, 1.82) is 0 Å². The monoisotopic (exact) mass is 348 g/mol. The summed E-state index contributed by atoms with van der Waals surface area (Å²) < 4.78 is 14.7. The molecule has 1 atom stereocenters. The number of aryl methyl sites for hydroxylation is 1. The van der Waals surface area contributed by atoms with Gasteiger partial charge in [-0.15, -0.1) is 11.3 Å². The molecule has 0 fully saturated rings. The third-order valence-electron chi connectivity index (χ3n) is 2.62. The smallest absolute Gasteiger partial charge is 0.128 e. The number of rotatable bonds is 3. The third kappa shape index (κ3) is 2.60. The van der Waals surface area contributed by atoms with Crippen LogP contribution in [0.5, 0.6) is 0 Å². The number of thiophene rings is 1. The van der Waals surface area contributed by atoms with Gasteiger partial charge >= 0.3 is 0 Å². The summed E-state index contributed by atoms with van der Waals surface area (Å²) in [5.41, 5.74) is 4.06. The van der Waals surface area contributed by atoms with E-state index < -0.39 is 6.04 Å². The van der Waals surface area contributed by atoms with Gasteiger partial charge < -0.3 is 0 Å². The van der Waals surface area contributed by atoms with Crippen LogP contribution in [0.1, 0.15) is 22.0 Å². The minimum Gasteiger partial charge on any atom is -0.271 e. The van der Waals surface area contributed by atoms with Crippen molar-refractivity contribution >= 4 is 38.9 Å². The minimum atomic E-state index is -0.450. The van der Waals surface area contributed by atoms with Gasteiger partial charge in [0.2, 0.25) is 0 Å². The van der Waals surface area contributed by atoms with Crippen molar-refractivity contribution < 1.29 is 4.39 Å². The Hall–Kier alpha value is -0.460. The summed E-state index contributed by atoms with van der Waals surface area (Å²) >= 11 is 11.0. The van der Waals surface area contributed by atoms with E-state index in [4.69, 9.17) is 17.4 Å². The SMILES string of the molecule is Cc1csc(C(NN)c2cc(Br)ccc2F)c1Cl. The van der Waals surface area contributed by atoms with E-state index in [0.29, 0.717) is 10.6 Å². The molecule has 18 heavy (non-hydrogen) atoms. The summed E-state index contributed by atoms with van der Waals surface area (Å²) in [7, 11) is 0. The minimum absolute atomic E-state index is 0.316. The molecule has 0 saturated carbocycles. The fourth-order valence-corrected chi connectivity index (χ4v) is 3.44. The highest BCUT2D eigenvalue weighted by Gasteiger charge is 2.21. The summed E-state index contributed by atoms with van der Waals surface area (Å²) in [6.07, 6.45) is 0. The Kier molecular flexibility index (Phi) is 4.40. The molecule has 0 saturated heterocycles. The summed E-state index contributed by atoms with van der Waals surface area (Å²) in [6.45, 7) is 1.91. The van der Waals surface area contributed by atoms with E-state index in [0.717, 1.165) is 14.9 Å². The van der Waals surface area contributed by atoms with Gasteiger partial charge in [-0.25, -0.2) is 9.82 Å². The average molecular weight is 350 g/mol. The summed E-state index contributed by atoms with van der Waals surface area (Å²) in [5.74, 6) is 5.23. The Balaban J connectivity index is 2.51. The topological polar surface area (TPSA) is 38.0 Å². The van der Waals surface area contributed by atoms with E-state index in [1.54, 1.807) is 12.1 Å². The first-order chi connectivity index (χ1) is 8.54. The summed E-state index contributed by atoms with van der Waals surface area (Å²) in [5, 5.41) is 2.56. The molecule has 0 radical (unpaired) electrons. The molecule has 2 rings (SSSR count). The van der Waals surface area contributed by atoms with Crippen LogP contribution < -0.4 is 11.3 Å². The van der Waals surface area contributed by atoms with Crippen LogP contribution >= 0.6 is 38.9 Å². The number of hydrogen-bond donors (Lipinski definition) is 2. The molecule has 0 aliphatic carbocycles. The maximum atomic E-state index is 13.9. The molecule has 0 bridgehead atoms. The molecule has 0 spiro atoms. The molecule has 6 heteroatoms. The molecular formula is C12H11BrClFN2S. The van der Waals surface area contributed by atoms with Crippen LogP contribution in [0.2, 0.25) is 5.02 Å². The zero-order chi connectivity index (χ0) is 13.3. The van der Waals surface area contributed by atoms with E-state index in [1.165, 1.54) is 17.4 Å². The van der Waals surface area contributed by atoms with Gasteiger partial charge in [0.05, 0.1) is 11.1 Å². The van der Waals surface area contributed by atoms with Crippen LogP contribution in [-0.2, 0) is 0 Å². The van der Waals surface area contributed by atoms with Crippen LogP contribution in [0, 0.1) is 12.7 Å². The number of nitrogens with one attached hydrogen (secondary N) is 1. The van der Waals surface area contributed by atoms with E-state index in [-0.39, 0.29) is 5.82 Å². The predicted octanol–water partition coefficient (Wildman–Crippen LogP) is 4.16. The molecule has 3 N–H and O–H groups in total. The average Bonchev–Trinajstić information content (AvgIpc) is 2.67. The number of benzene rings is 1. The second-order valence-electron chi connectivity index (χ2n) is 3.86. The van der Waals surface area contributed by atoms with Gasteiger partial charge in [0.15, 0.2) is 0 Å². The summed E-state index contributed by atoms with van der Waals surface area (Å²) in [4.78, 5) is 0.814.